The minimum atomic E-state index is -0.949. The Kier molecular flexibility index (Phi) is 7.85. The van der Waals surface area contributed by atoms with Gasteiger partial charge in [-0.15, -0.1) is 0 Å². The van der Waals surface area contributed by atoms with Crippen LogP contribution in [-0.4, -0.2) is 30.6 Å². The second kappa shape index (κ2) is 11.2. The number of amides is 2. The summed E-state index contributed by atoms with van der Waals surface area (Å²) in [4.78, 5) is 35.9. The Morgan fingerprint density at radius 1 is 0.909 bits per heavy atom. The van der Waals surface area contributed by atoms with Gasteiger partial charge in [0.05, 0.1) is 18.4 Å². The number of carbonyl (C=O) groups excluding carboxylic acids is 3. The predicted molar refractivity (Wildman–Crippen MR) is 120 cm³/mol. The van der Waals surface area contributed by atoms with Crippen molar-refractivity contribution in [2.75, 3.05) is 11.9 Å². The van der Waals surface area contributed by atoms with Gasteiger partial charge in [-0.3, -0.25) is 9.59 Å². The Bertz CT molecular complexity index is 1160. The van der Waals surface area contributed by atoms with Crippen molar-refractivity contribution in [1.29, 1.82) is 0 Å². The fourth-order valence-electron chi connectivity index (χ4n) is 2.62. The maximum absolute atomic E-state index is 13.6. The molecule has 33 heavy (non-hydrogen) atoms. The molecule has 0 heterocycles. The largest absolute Gasteiger partial charge is 0.494 e. The van der Waals surface area contributed by atoms with E-state index in [9.17, 15) is 18.8 Å². The van der Waals surface area contributed by atoms with E-state index in [-0.39, 0.29) is 11.3 Å². The van der Waals surface area contributed by atoms with E-state index >= 15 is 0 Å². The third kappa shape index (κ3) is 6.73. The Morgan fingerprint density at radius 2 is 1.58 bits per heavy atom. The average molecular weight is 449 g/mol. The topological polar surface area (TPSA) is 106 Å². The molecule has 0 bridgehead atoms. The van der Waals surface area contributed by atoms with Crippen molar-refractivity contribution in [2.24, 2.45) is 5.10 Å². The van der Waals surface area contributed by atoms with Crippen LogP contribution in [-0.2, 0) is 9.59 Å². The van der Waals surface area contributed by atoms with E-state index in [4.69, 9.17) is 9.47 Å². The van der Waals surface area contributed by atoms with Crippen molar-refractivity contribution in [3.8, 4) is 11.5 Å². The molecule has 0 saturated heterocycles. The monoisotopic (exact) mass is 449 g/mol. The van der Waals surface area contributed by atoms with Gasteiger partial charge in [-0.2, -0.15) is 5.10 Å². The molecule has 8 nitrogen and oxygen atoms in total. The van der Waals surface area contributed by atoms with E-state index in [1.165, 1.54) is 42.6 Å². The summed E-state index contributed by atoms with van der Waals surface area (Å²) < 4.78 is 24.1. The first-order valence-corrected chi connectivity index (χ1v) is 9.90. The summed E-state index contributed by atoms with van der Waals surface area (Å²) in [5.74, 6) is -2.46. The second-order valence-electron chi connectivity index (χ2n) is 6.55. The summed E-state index contributed by atoms with van der Waals surface area (Å²) in [5.41, 5.74) is 2.95. The Balaban J connectivity index is 1.49. The molecular weight excluding hydrogens is 429 g/mol. The number of carbonyl (C=O) groups is 3. The zero-order chi connectivity index (χ0) is 23.6. The zero-order valence-electron chi connectivity index (χ0n) is 17.6. The molecule has 3 aromatic rings. The maximum Gasteiger partial charge on any atom is 0.346 e. The lowest BCUT2D eigenvalue weighted by Gasteiger charge is -2.06. The molecule has 0 unspecified atom stereocenters. The molecule has 0 aliphatic carbocycles. The van der Waals surface area contributed by atoms with E-state index in [1.807, 2.05) is 6.92 Å². The van der Waals surface area contributed by atoms with Crippen molar-refractivity contribution in [1.82, 2.24) is 5.43 Å². The van der Waals surface area contributed by atoms with Gasteiger partial charge in [0, 0.05) is 5.69 Å². The van der Waals surface area contributed by atoms with Crippen LogP contribution < -0.4 is 20.2 Å². The summed E-state index contributed by atoms with van der Waals surface area (Å²) in [6, 6.07) is 18.2. The predicted octanol–water partition coefficient (Wildman–Crippen LogP) is 3.53. The number of rotatable bonds is 7. The van der Waals surface area contributed by atoms with Gasteiger partial charge < -0.3 is 14.8 Å². The van der Waals surface area contributed by atoms with Crippen LogP contribution >= 0.6 is 0 Å². The van der Waals surface area contributed by atoms with Crippen LogP contribution in [0.15, 0.2) is 77.9 Å². The molecule has 3 aromatic carbocycles. The normalized spacial score (nSPS) is 10.5. The summed E-state index contributed by atoms with van der Waals surface area (Å²) in [7, 11) is 0. The first kappa shape index (κ1) is 23.1. The molecule has 0 aliphatic heterocycles. The van der Waals surface area contributed by atoms with Gasteiger partial charge in [-0.1, -0.05) is 12.1 Å². The van der Waals surface area contributed by atoms with Crippen molar-refractivity contribution in [3.05, 3.63) is 89.7 Å². The number of halogens is 1. The fourth-order valence-corrected chi connectivity index (χ4v) is 2.62. The molecule has 2 N–H and O–H groups in total. The average Bonchev–Trinajstić information content (AvgIpc) is 2.81. The van der Waals surface area contributed by atoms with Gasteiger partial charge in [0.15, 0.2) is 0 Å². The molecule has 2 amide bonds. The van der Waals surface area contributed by atoms with E-state index in [0.717, 1.165) is 0 Å². The molecular formula is C24H20FN3O5. The summed E-state index contributed by atoms with van der Waals surface area (Å²) in [5, 5.41) is 6.18. The number of nitrogens with zero attached hydrogens (tertiary/aromatic N) is 1. The quantitative estimate of drug-likeness (QED) is 0.189. The molecule has 0 radical (unpaired) electrons. The van der Waals surface area contributed by atoms with Crippen molar-refractivity contribution in [3.63, 3.8) is 0 Å². The molecule has 0 fully saturated rings. The second-order valence-corrected chi connectivity index (χ2v) is 6.55. The molecule has 168 valence electrons. The number of hydrazone groups is 1. The molecule has 0 spiro atoms. The molecule has 0 atom stereocenters. The van der Waals surface area contributed by atoms with E-state index < -0.39 is 23.6 Å². The fraction of sp³-hybridized carbons (Fsp3) is 0.0833. The van der Waals surface area contributed by atoms with Crippen LogP contribution in [0, 0.1) is 5.82 Å². The van der Waals surface area contributed by atoms with E-state index in [2.05, 4.69) is 15.8 Å². The maximum atomic E-state index is 13.6. The number of anilines is 1. The van der Waals surface area contributed by atoms with Gasteiger partial charge in [-0.25, -0.2) is 14.6 Å². The van der Waals surface area contributed by atoms with Gasteiger partial charge in [0.1, 0.15) is 17.3 Å². The highest BCUT2D eigenvalue weighted by atomic mass is 19.1. The number of benzene rings is 3. The lowest BCUT2D eigenvalue weighted by Crippen LogP contribution is -2.32. The molecule has 9 heteroatoms. The lowest BCUT2D eigenvalue weighted by atomic mass is 10.2. The van der Waals surface area contributed by atoms with Gasteiger partial charge in [0.2, 0.25) is 0 Å². The minimum Gasteiger partial charge on any atom is -0.494 e. The Morgan fingerprint density at radius 3 is 2.24 bits per heavy atom. The number of hydrogen-bond donors (Lipinski definition) is 2. The van der Waals surface area contributed by atoms with Crippen molar-refractivity contribution < 1.29 is 28.2 Å². The van der Waals surface area contributed by atoms with Crippen LogP contribution in [0.1, 0.15) is 22.8 Å². The number of hydrogen-bond acceptors (Lipinski definition) is 6. The van der Waals surface area contributed by atoms with Crippen LogP contribution in [0.5, 0.6) is 11.5 Å². The van der Waals surface area contributed by atoms with Crippen LogP contribution in [0.4, 0.5) is 10.1 Å². The summed E-state index contributed by atoms with van der Waals surface area (Å²) in [6.45, 7) is 2.38. The minimum absolute atomic E-state index is 0.172. The molecule has 0 aliphatic rings. The smallest absolute Gasteiger partial charge is 0.346 e. The highest BCUT2D eigenvalue weighted by Gasteiger charge is 2.14. The van der Waals surface area contributed by atoms with Crippen molar-refractivity contribution in [2.45, 2.75) is 6.92 Å². The van der Waals surface area contributed by atoms with Gasteiger partial charge >= 0.3 is 17.8 Å². The molecule has 0 aromatic heterocycles. The summed E-state index contributed by atoms with van der Waals surface area (Å²) >= 11 is 0. The van der Waals surface area contributed by atoms with Crippen LogP contribution in [0.3, 0.4) is 0 Å². The van der Waals surface area contributed by atoms with Crippen molar-refractivity contribution >= 4 is 29.7 Å². The zero-order valence-corrected chi connectivity index (χ0v) is 17.6. The third-order valence-electron chi connectivity index (χ3n) is 4.19. The Hall–Kier alpha value is -4.53. The van der Waals surface area contributed by atoms with Crippen LogP contribution in [0.2, 0.25) is 0 Å². The number of ether oxygens (including phenoxy) is 2. The molecule has 3 rings (SSSR count). The standard InChI is InChI=1S/C24H20FN3O5/c1-2-32-18-13-9-17(10-14-18)27-22(29)23(30)28-26-15-16-7-11-19(12-8-16)33-24(31)20-5-3-4-6-21(20)25/h3-15H,2H2,1H3,(H,27,29)(H,28,30)/b26-15+. The first-order chi connectivity index (χ1) is 16.0. The SMILES string of the molecule is CCOc1ccc(NC(=O)C(=O)N/N=C/c2ccc(OC(=O)c3ccccc3F)cc2)cc1. The highest BCUT2D eigenvalue weighted by molar-refractivity contribution is 6.39. The lowest BCUT2D eigenvalue weighted by molar-refractivity contribution is -0.136. The number of nitrogens with one attached hydrogen (secondary N) is 2. The number of esters is 1. The molecule has 0 saturated carbocycles. The highest BCUT2D eigenvalue weighted by Crippen LogP contribution is 2.16. The van der Waals surface area contributed by atoms with Gasteiger partial charge in [-0.05, 0) is 73.2 Å². The van der Waals surface area contributed by atoms with Crippen LogP contribution in [0.25, 0.3) is 0 Å². The summed E-state index contributed by atoms with van der Waals surface area (Å²) in [6.07, 6.45) is 1.31. The third-order valence-corrected chi connectivity index (χ3v) is 4.19. The van der Waals surface area contributed by atoms with Gasteiger partial charge in [0.25, 0.3) is 0 Å². The van der Waals surface area contributed by atoms with E-state index in [0.29, 0.717) is 23.6 Å². The Labute approximate surface area is 189 Å². The first-order valence-electron chi connectivity index (χ1n) is 9.90. The van der Waals surface area contributed by atoms with E-state index in [1.54, 1.807) is 36.4 Å².